The Balaban J connectivity index is 1.07. The van der Waals surface area contributed by atoms with Crippen molar-refractivity contribution >= 4 is 18.4 Å². The summed E-state index contributed by atoms with van der Waals surface area (Å²) in [5.74, 6) is 2.13. The zero-order valence-corrected chi connectivity index (χ0v) is 37.2. The number of hydrogen-bond donors (Lipinski definition) is 0. The van der Waals surface area contributed by atoms with Crippen molar-refractivity contribution in [2.45, 2.75) is 12.0 Å². The minimum absolute atomic E-state index is 0.270. The van der Waals surface area contributed by atoms with Gasteiger partial charge in [-0.25, -0.2) is 24.9 Å². The van der Waals surface area contributed by atoms with Crippen molar-refractivity contribution in [2.75, 3.05) is 0 Å². The SMILES string of the molecule is C=N/C(=N\C(=N/Cc1ccc2c(c1)C1(c3ccccc3-c3ccccc31)c1cc(-c3nc(-c4ccc(C#N)cc4)nc(-c4ccc(C#N)cc4)n3)ccc1-2)c1ccc(C#N)cc1)c1ccc(C#N)cc1. The first-order valence-corrected chi connectivity index (χ1v) is 22.3. The van der Waals surface area contributed by atoms with Gasteiger partial charge in [0.25, 0.3) is 0 Å². The molecule has 70 heavy (non-hydrogen) atoms. The second-order valence-electron chi connectivity index (χ2n) is 16.8. The van der Waals surface area contributed by atoms with Crippen LogP contribution < -0.4 is 0 Å². The molecule has 1 heterocycles. The number of aliphatic imine (C=N–C) groups is 3. The fourth-order valence-electron chi connectivity index (χ4n) is 9.61. The Labute approximate surface area is 403 Å². The molecule has 10 nitrogen and oxygen atoms in total. The summed E-state index contributed by atoms with van der Waals surface area (Å²) in [6.07, 6.45) is 0. The molecule has 8 aromatic carbocycles. The van der Waals surface area contributed by atoms with Crippen LogP contribution in [-0.4, -0.2) is 33.3 Å². The van der Waals surface area contributed by atoms with Gasteiger partial charge in [0.15, 0.2) is 29.1 Å². The molecule has 0 saturated heterocycles. The Hall–Kier alpha value is -10.3. The average Bonchev–Trinajstić information content (AvgIpc) is 3.90. The highest BCUT2D eigenvalue weighted by Crippen LogP contribution is 2.63. The highest BCUT2D eigenvalue weighted by Gasteiger charge is 2.51. The van der Waals surface area contributed by atoms with Crippen molar-refractivity contribution in [2.24, 2.45) is 15.0 Å². The summed E-state index contributed by atoms with van der Waals surface area (Å²) in [6.45, 7) is 4.08. The predicted molar refractivity (Wildman–Crippen MR) is 271 cm³/mol. The Morgan fingerprint density at radius 1 is 0.429 bits per heavy atom. The number of aromatic nitrogens is 3. The molecule has 0 unspecified atom stereocenters. The van der Waals surface area contributed by atoms with Gasteiger partial charge in [-0.05, 0) is 160 Å². The van der Waals surface area contributed by atoms with E-state index in [1.165, 1.54) is 0 Å². The van der Waals surface area contributed by atoms with Crippen molar-refractivity contribution in [3.63, 3.8) is 0 Å². The van der Waals surface area contributed by atoms with E-state index in [-0.39, 0.29) is 6.54 Å². The lowest BCUT2D eigenvalue weighted by atomic mass is 9.70. The van der Waals surface area contributed by atoms with Crippen molar-refractivity contribution in [3.05, 3.63) is 243 Å². The van der Waals surface area contributed by atoms with Gasteiger partial charge in [0, 0.05) is 27.8 Å². The topological polar surface area (TPSA) is 171 Å². The van der Waals surface area contributed by atoms with Crippen LogP contribution >= 0.6 is 0 Å². The van der Waals surface area contributed by atoms with Crippen LogP contribution in [0.1, 0.15) is 61.2 Å². The molecule has 0 atom stereocenters. The van der Waals surface area contributed by atoms with Gasteiger partial charge in [0.2, 0.25) is 0 Å². The van der Waals surface area contributed by atoms with Crippen molar-refractivity contribution in [1.29, 1.82) is 21.0 Å². The molecule has 0 aliphatic heterocycles. The third-order valence-corrected chi connectivity index (χ3v) is 12.9. The lowest BCUT2D eigenvalue weighted by molar-refractivity contribution is 0.791. The largest absolute Gasteiger partial charge is 0.261 e. The summed E-state index contributed by atoms with van der Waals surface area (Å²) in [7, 11) is 0. The van der Waals surface area contributed by atoms with Crippen LogP contribution in [0.15, 0.2) is 197 Å². The van der Waals surface area contributed by atoms with Gasteiger partial charge in [-0.15, -0.1) is 0 Å². The highest BCUT2D eigenvalue weighted by atomic mass is 15.0. The lowest BCUT2D eigenvalue weighted by Crippen LogP contribution is -2.26. The zero-order valence-electron chi connectivity index (χ0n) is 37.2. The molecular formula is C60H34N10. The van der Waals surface area contributed by atoms with E-state index in [9.17, 15) is 21.0 Å². The monoisotopic (exact) mass is 894 g/mol. The molecule has 0 bridgehead atoms. The van der Waals surface area contributed by atoms with Crippen LogP contribution in [0, 0.1) is 45.3 Å². The van der Waals surface area contributed by atoms with Crippen molar-refractivity contribution in [1.82, 2.24) is 15.0 Å². The summed E-state index contributed by atoms with van der Waals surface area (Å²) in [4.78, 5) is 29.4. The molecular weight excluding hydrogens is 861 g/mol. The first-order valence-electron chi connectivity index (χ1n) is 22.3. The molecule has 0 fully saturated rings. The lowest BCUT2D eigenvalue weighted by Gasteiger charge is -2.31. The van der Waals surface area contributed by atoms with E-state index in [0.717, 1.165) is 66.8 Å². The summed E-state index contributed by atoms with van der Waals surface area (Å²) in [6, 6.07) is 67.4. The van der Waals surface area contributed by atoms with E-state index in [2.05, 4.69) is 121 Å². The smallest absolute Gasteiger partial charge is 0.164 e. The van der Waals surface area contributed by atoms with Crippen LogP contribution in [0.4, 0.5) is 0 Å². The van der Waals surface area contributed by atoms with Gasteiger partial charge in [-0.1, -0.05) is 78.9 Å². The van der Waals surface area contributed by atoms with Crippen LogP contribution in [-0.2, 0) is 12.0 Å². The molecule has 10 heteroatoms. The number of fused-ring (bicyclic) bond motifs is 10. The maximum Gasteiger partial charge on any atom is 0.164 e. The standard InChI is InChI=1S/C60H34N10/c1-65-55(42-19-10-37(32-61)11-20-42)67-56(43-21-12-38(33-62)13-22-43)66-36-41-18-28-49-50-29-27-46(31-54(50)60(53(49)30-41)51-8-4-2-6-47(51)48-7-3-5-9-52(48)60)59-69-57(44-23-14-39(34-63)15-24-44)68-58(70-59)45-25-16-40(35-64)17-26-45/h2-31H,1,36H2/b66-56-,67-55-. The van der Waals surface area contributed by atoms with E-state index < -0.39 is 5.41 Å². The van der Waals surface area contributed by atoms with E-state index >= 15 is 0 Å². The molecule has 0 saturated carbocycles. The first-order chi connectivity index (χ1) is 34.4. The summed E-state index contributed by atoms with van der Waals surface area (Å²) in [5, 5.41) is 38.1. The zero-order chi connectivity index (χ0) is 47.8. The van der Waals surface area contributed by atoms with Gasteiger partial charge in [-0.2, -0.15) is 21.0 Å². The quantitative estimate of drug-likeness (QED) is 0.113. The molecule has 324 valence electrons. The molecule has 2 aliphatic carbocycles. The summed E-state index contributed by atoms with van der Waals surface area (Å²) >= 11 is 0. The minimum atomic E-state index is -0.726. The molecule has 0 N–H and O–H groups in total. The highest BCUT2D eigenvalue weighted by molar-refractivity contribution is 6.12. The van der Waals surface area contributed by atoms with E-state index in [1.807, 2.05) is 36.4 Å². The fraction of sp³-hybridized carbons (Fsp3) is 0.0333. The second-order valence-corrected chi connectivity index (χ2v) is 16.8. The van der Waals surface area contributed by atoms with Gasteiger partial charge < -0.3 is 0 Å². The number of nitriles is 4. The Bertz CT molecular complexity index is 3720. The average molecular weight is 895 g/mol. The molecule has 0 amide bonds. The summed E-state index contributed by atoms with van der Waals surface area (Å²) < 4.78 is 0. The molecule has 2 aliphatic rings. The van der Waals surface area contributed by atoms with Gasteiger partial charge >= 0.3 is 0 Å². The first kappa shape index (κ1) is 42.4. The van der Waals surface area contributed by atoms with Gasteiger partial charge in [0.05, 0.1) is 58.5 Å². The van der Waals surface area contributed by atoms with E-state index in [1.54, 1.807) is 60.7 Å². The molecule has 1 spiro atoms. The second kappa shape index (κ2) is 17.5. The minimum Gasteiger partial charge on any atom is -0.261 e. The molecule has 11 rings (SSSR count). The number of rotatable bonds is 7. The van der Waals surface area contributed by atoms with Crippen molar-refractivity contribution < 1.29 is 0 Å². The van der Waals surface area contributed by atoms with Crippen LogP contribution in [0.2, 0.25) is 0 Å². The van der Waals surface area contributed by atoms with Crippen LogP contribution in [0.3, 0.4) is 0 Å². The van der Waals surface area contributed by atoms with Gasteiger partial charge in [0.1, 0.15) is 0 Å². The number of nitrogens with zero attached hydrogens (tertiary/aromatic N) is 10. The summed E-state index contributed by atoms with van der Waals surface area (Å²) in [5.41, 5.74) is 15.0. The fourth-order valence-corrected chi connectivity index (χ4v) is 9.61. The maximum atomic E-state index is 9.58. The van der Waals surface area contributed by atoms with E-state index in [0.29, 0.717) is 62.5 Å². The van der Waals surface area contributed by atoms with Crippen LogP contribution in [0.25, 0.3) is 56.4 Å². The Morgan fingerprint density at radius 3 is 1.31 bits per heavy atom. The predicted octanol–water partition coefficient (Wildman–Crippen LogP) is 11.8. The van der Waals surface area contributed by atoms with Crippen molar-refractivity contribution in [3.8, 4) is 80.7 Å². The number of amidine groups is 2. The Morgan fingerprint density at radius 2 is 0.829 bits per heavy atom. The number of hydrogen-bond acceptors (Lipinski definition) is 8. The van der Waals surface area contributed by atoms with Gasteiger partial charge in [-0.3, -0.25) is 4.99 Å². The molecule has 1 aromatic heterocycles. The number of benzene rings is 8. The van der Waals surface area contributed by atoms with E-state index in [4.69, 9.17) is 24.9 Å². The Kier molecular flexibility index (Phi) is 10.6. The molecule has 9 aromatic rings. The maximum absolute atomic E-state index is 9.58. The van der Waals surface area contributed by atoms with Crippen LogP contribution in [0.5, 0.6) is 0 Å². The third kappa shape index (κ3) is 7.19. The third-order valence-electron chi connectivity index (χ3n) is 12.9. The normalized spacial score (nSPS) is 12.6. The molecule has 0 radical (unpaired) electrons.